The second-order valence-electron chi connectivity index (χ2n) is 8.19. The van der Waals surface area contributed by atoms with Crippen molar-refractivity contribution in [2.75, 3.05) is 16.4 Å². The predicted octanol–water partition coefficient (Wildman–Crippen LogP) is 6.16. The van der Waals surface area contributed by atoms with Gasteiger partial charge in [-0.3, -0.25) is 19.7 Å². The van der Waals surface area contributed by atoms with E-state index in [1.165, 1.54) is 35.9 Å². The van der Waals surface area contributed by atoms with Gasteiger partial charge in [0.1, 0.15) is 11.5 Å². The van der Waals surface area contributed by atoms with Crippen LogP contribution in [0.1, 0.15) is 36.4 Å². The van der Waals surface area contributed by atoms with E-state index in [-0.39, 0.29) is 16.9 Å². The number of hydrogen-bond acceptors (Lipinski definition) is 9. The van der Waals surface area contributed by atoms with Crippen molar-refractivity contribution in [2.24, 2.45) is 0 Å². The van der Waals surface area contributed by atoms with Crippen molar-refractivity contribution >= 4 is 69.7 Å². The van der Waals surface area contributed by atoms with E-state index in [0.717, 1.165) is 22.2 Å². The first-order chi connectivity index (χ1) is 19.4. The van der Waals surface area contributed by atoms with Gasteiger partial charge >= 0.3 is 0 Å². The number of aromatic nitrogens is 2. The summed E-state index contributed by atoms with van der Waals surface area (Å²) in [6, 6.07) is 19.2. The number of thioether (sulfide) groups is 2. The fourth-order valence-corrected chi connectivity index (χ4v) is 5.71. The number of nitrogens with zero attached hydrogens (tertiary/aromatic N) is 2. The molecule has 4 rings (SSSR count). The van der Waals surface area contributed by atoms with E-state index in [1.807, 2.05) is 19.9 Å². The summed E-state index contributed by atoms with van der Waals surface area (Å²) in [4.78, 5) is 44.0. The van der Waals surface area contributed by atoms with Gasteiger partial charge in [0.2, 0.25) is 16.2 Å². The molecule has 2 aromatic heterocycles. The summed E-state index contributed by atoms with van der Waals surface area (Å²) in [6.07, 6.45) is 3.53. The van der Waals surface area contributed by atoms with E-state index >= 15 is 0 Å². The third kappa shape index (κ3) is 8.31. The van der Waals surface area contributed by atoms with Gasteiger partial charge in [0.25, 0.3) is 11.8 Å². The van der Waals surface area contributed by atoms with Crippen LogP contribution in [0.2, 0.25) is 0 Å². The number of carbonyl (C=O) groups excluding carboxylic acids is 3. The van der Waals surface area contributed by atoms with Crippen molar-refractivity contribution in [3.63, 3.8) is 0 Å². The molecule has 12 heteroatoms. The number of hydrogen-bond donors (Lipinski definition) is 3. The Labute approximate surface area is 244 Å². The molecule has 2 heterocycles. The van der Waals surface area contributed by atoms with E-state index in [9.17, 15) is 14.4 Å². The molecule has 0 spiro atoms. The Morgan fingerprint density at radius 1 is 1.02 bits per heavy atom. The molecular weight excluding hydrogens is 567 g/mol. The average molecular weight is 594 g/mol. The Hall–Kier alpha value is -3.87. The molecule has 206 valence electrons. The van der Waals surface area contributed by atoms with Gasteiger partial charge in [0.05, 0.1) is 11.5 Å². The van der Waals surface area contributed by atoms with Crippen LogP contribution in [0.25, 0.3) is 6.08 Å². The number of nitrogens with one attached hydrogen (secondary N) is 3. The highest BCUT2D eigenvalue weighted by Gasteiger charge is 2.21. The molecular formula is C28H27N5O4S3. The topological polar surface area (TPSA) is 126 Å². The minimum Gasteiger partial charge on any atom is -0.465 e. The quantitative estimate of drug-likeness (QED) is 0.132. The zero-order chi connectivity index (χ0) is 28.3. The van der Waals surface area contributed by atoms with E-state index in [4.69, 9.17) is 4.42 Å². The first kappa shape index (κ1) is 29.1. The van der Waals surface area contributed by atoms with Gasteiger partial charge in [0.15, 0.2) is 0 Å². The van der Waals surface area contributed by atoms with Crippen molar-refractivity contribution in [1.82, 2.24) is 14.7 Å². The number of anilines is 2. The molecule has 3 N–H and O–H groups in total. The Morgan fingerprint density at radius 3 is 2.58 bits per heavy atom. The summed E-state index contributed by atoms with van der Waals surface area (Å²) in [6.45, 7) is 3.95. The van der Waals surface area contributed by atoms with Crippen LogP contribution in [0.4, 0.5) is 10.8 Å². The van der Waals surface area contributed by atoms with E-state index < -0.39 is 11.8 Å². The molecule has 0 aliphatic heterocycles. The SMILES string of the molecule is CCSc1nsc(NC(=O)C(CC)Sc2cccc(NC(=O)/C(=C/c3ccco3)NC(=O)c3ccccc3)c2)n1. The summed E-state index contributed by atoms with van der Waals surface area (Å²) in [5, 5.41) is 9.09. The summed E-state index contributed by atoms with van der Waals surface area (Å²) in [7, 11) is 0. The molecule has 1 unspecified atom stereocenters. The monoisotopic (exact) mass is 593 g/mol. The Morgan fingerprint density at radius 2 is 1.85 bits per heavy atom. The summed E-state index contributed by atoms with van der Waals surface area (Å²) in [5.74, 6) is 0.147. The number of benzene rings is 2. The fraction of sp³-hybridized carbons (Fsp3) is 0.179. The zero-order valence-electron chi connectivity index (χ0n) is 21.7. The molecule has 0 saturated carbocycles. The summed E-state index contributed by atoms with van der Waals surface area (Å²) in [5.41, 5.74) is 0.942. The Bertz CT molecular complexity index is 1470. The largest absolute Gasteiger partial charge is 0.465 e. The van der Waals surface area contributed by atoms with Gasteiger partial charge in [0, 0.05) is 33.8 Å². The van der Waals surface area contributed by atoms with Crippen LogP contribution in [0.3, 0.4) is 0 Å². The van der Waals surface area contributed by atoms with Crippen molar-refractivity contribution in [3.8, 4) is 0 Å². The first-order valence-corrected chi connectivity index (χ1v) is 15.1. The van der Waals surface area contributed by atoms with Crippen molar-refractivity contribution < 1.29 is 18.8 Å². The fourth-order valence-electron chi connectivity index (χ4n) is 3.42. The van der Waals surface area contributed by atoms with Crippen LogP contribution in [0.15, 0.2) is 93.2 Å². The van der Waals surface area contributed by atoms with Crippen molar-refractivity contribution in [3.05, 3.63) is 90.0 Å². The van der Waals surface area contributed by atoms with Crippen LogP contribution in [0, 0.1) is 0 Å². The molecule has 40 heavy (non-hydrogen) atoms. The maximum atomic E-state index is 13.2. The first-order valence-electron chi connectivity index (χ1n) is 12.4. The highest BCUT2D eigenvalue weighted by atomic mass is 32.2. The number of amides is 3. The Balaban J connectivity index is 1.44. The molecule has 0 aliphatic rings. The van der Waals surface area contributed by atoms with Crippen molar-refractivity contribution in [1.29, 1.82) is 0 Å². The average Bonchev–Trinajstić information content (AvgIpc) is 3.64. The molecule has 0 radical (unpaired) electrons. The molecule has 0 aliphatic carbocycles. The molecule has 2 aromatic carbocycles. The van der Waals surface area contributed by atoms with Crippen molar-refractivity contribution in [2.45, 2.75) is 35.6 Å². The van der Waals surface area contributed by atoms with Gasteiger partial charge < -0.3 is 15.1 Å². The second-order valence-corrected chi connectivity index (χ2v) is 11.5. The number of carbonyl (C=O) groups is 3. The third-order valence-electron chi connectivity index (χ3n) is 5.30. The van der Waals surface area contributed by atoms with Gasteiger partial charge in [-0.05, 0) is 54.6 Å². The number of rotatable bonds is 12. The van der Waals surface area contributed by atoms with Gasteiger partial charge in [-0.15, -0.1) is 11.8 Å². The van der Waals surface area contributed by atoms with Gasteiger partial charge in [-0.2, -0.15) is 9.36 Å². The van der Waals surface area contributed by atoms with Gasteiger partial charge in [-0.1, -0.05) is 49.9 Å². The maximum absolute atomic E-state index is 13.2. The zero-order valence-corrected chi connectivity index (χ0v) is 24.2. The van der Waals surface area contributed by atoms with Crippen LogP contribution >= 0.6 is 35.1 Å². The molecule has 9 nitrogen and oxygen atoms in total. The Kier molecular flexibility index (Phi) is 10.6. The summed E-state index contributed by atoms with van der Waals surface area (Å²) >= 11 is 4.05. The molecule has 0 fully saturated rings. The van der Waals surface area contributed by atoms with Crippen LogP contribution in [-0.2, 0) is 9.59 Å². The predicted molar refractivity (Wildman–Crippen MR) is 161 cm³/mol. The minimum absolute atomic E-state index is 0.0188. The summed E-state index contributed by atoms with van der Waals surface area (Å²) < 4.78 is 9.58. The lowest BCUT2D eigenvalue weighted by atomic mass is 10.2. The standard InChI is InChI=1S/C28H27N5O4S3/c1-3-23(26(36)31-27-32-28(33-40-27)38-4-2)39-21-14-8-12-19(16-21)29-25(35)22(17-20-13-9-15-37-20)30-24(34)18-10-6-5-7-11-18/h5-17,23H,3-4H2,1-2H3,(H,29,35)(H,30,34)(H,31,32,33,36)/b22-17-. The van der Waals surface area contributed by atoms with E-state index in [2.05, 4.69) is 25.3 Å². The smallest absolute Gasteiger partial charge is 0.272 e. The minimum atomic E-state index is -0.523. The lowest BCUT2D eigenvalue weighted by Gasteiger charge is -2.15. The van der Waals surface area contributed by atoms with Crippen LogP contribution < -0.4 is 16.0 Å². The lowest BCUT2D eigenvalue weighted by Crippen LogP contribution is -2.30. The molecule has 4 aromatic rings. The molecule has 3 amide bonds. The van der Waals surface area contributed by atoms with Crippen LogP contribution in [0.5, 0.6) is 0 Å². The van der Waals surface area contributed by atoms with E-state index in [0.29, 0.717) is 33.7 Å². The third-order valence-corrected chi connectivity index (χ3v) is 8.14. The second kappa shape index (κ2) is 14.5. The van der Waals surface area contributed by atoms with Crippen LogP contribution in [-0.4, -0.2) is 38.1 Å². The van der Waals surface area contributed by atoms with E-state index in [1.54, 1.807) is 60.7 Å². The normalized spacial score (nSPS) is 12.0. The lowest BCUT2D eigenvalue weighted by molar-refractivity contribution is -0.116. The highest BCUT2D eigenvalue weighted by molar-refractivity contribution is 8.00. The molecule has 1 atom stereocenters. The maximum Gasteiger partial charge on any atom is 0.272 e. The molecule has 0 saturated heterocycles. The number of furan rings is 1. The molecule has 0 bridgehead atoms. The highest BCUT2D eigenvalue weighted by Crippen LogP contribution is 2.29. The van der Waals surface area contributed by atoms with Gasteiger partial charge in [-0.25, -0.2) is 0 Å².